The number of rotatable bonds is 2. The second kappa shape index (κ2) is 4.77. The monoisotopic (exact) mass is 255 g/mol. The molecule has 0 saturated carbocycles. The molecule has 0 aromatic rings. The number of ether oxygens (including phenoxy) is 2. The van der Waals surface area contributed by atoms with Crippen LogP contribution in [0.4, 0.5) is 0 Å². The first-order valence-corrected chi connectivity index (χ1v) is 7.41. The molecular weight excluding hydrogens is 226 g/mol. The van der Waals surface area contributed by atoms with Crippen molar-refractivity contribution in [2.24, 2.45) is 5.92 Å². The fraction of sp³-hybridized carbons (Fsp3) is 1.00. The van der Waals surface area contributed by atoms with Crippen LogP contribution in [0.5, 0.6) is 0 Å². The number of hydrogen-bond acceptors (Lipinski definition) is 3. The van der Waals surface area contributed by atoms with E-state index in [4.69, 9.17) is 9.47 Å². The van der Waals surface area contributed by atoms with Crippen molar-refractivity contribution in [3.05, 3.63) is 0 Å². The van der Waals surface area contributed by atoms with Gasteiger partial charge >= 0.3 is 0 Å². The Morgan fingerprint density at radius 2 is 1.61 bits per heavy atom. The smallest absolute Gasteiger partial charge is 0.171 e. The maximum atomic E-state index is 6.15. The van der Waals surface area contributed by atoms with Crippen LogP contribution in [0.2, 0.25) is 0 Å². The van der Waals surface area contributed by atoms with Crippen LogP contribution < -0.4 is 5.32 Å². The number of nitrogens with one attached hydrogen (secondary N) is 1. The molecule has 2 aliphatic heterocycles. The molecule has 2 rings (SSSR count). The molecule has 2 heterocycles. The molecule has 2 fully saturated rings. The molecule has 0 aromatic heterocycles. The minimum absolute atomic E-state index is 0.0743. The summed E-state index contributed by atoms with van der Waals surface area (Å²) in [6.07, 6.45) is 4.16. The van der Waals surface area contributed by atoms with Crippen LogP contribution >= 0.6 is 0 Å². The van der Waals surface area contributed by atoms with Gasteiger partial charge in [0.05, 0.1) is 13.2 Å². The van der Waals surface area contributed by atoms with Gasteiger partial charge in [0.2, 0.25) is 0 Å². The van der Waals surface area contributed by atoms with Crippen LogP contribution in [0.15, 0.2) is 0 Å². The minimum Gasteiger partial charge on any atom is -0.349 e. The zero-order valence-electron chi connectivity index (χ0n) is 12.6. The van der Waals surface area contributed by atoms with E-state index in [1.165, 1.54) is 0 Å². The van der Waals surface area contributed by atoms with Crippen molar-refractivity contribution in [1.29, 1.82) is 0 Å². The highest BCUT2D eigenvalue weighted by Gasteiger charge is 2.52. The summed E-state index contributed by atoms with van der Waals surface area (Å²) in [6.45, 7) is 12.9. The largest absolute Gasteiger partial charge is 0.349 e. The predicted octanol–water partition coefficient (Wildman–Crippen LogP) is 3.09. The van der Waals surface area contributed by atoms with Crippen molar-refractivity contribution >= 4 is 0 Å². The molecule has 0 aromatic carbocycles. The minimum atomic E-state index is -0.354. The first-order chi connectivity index (χ1) is 8.34. The van der Waals surface area contributed by atoms with E-state index in [0.29, 0.717) is 5.92 Å². The molecule has 2 aliphatic rings. The fourth-order valence-corrected chi connectivity index (χ4v) is 3.62. The van der Waals surface area contributed by atoms with Crippen LogP contribution in [0.3, 0.4) is 0 Å². The summed E-state index contributed by atoms with van der Waals surface area (Å²) in [4.78, 5) is 0. The first kappa shape index (κ1) is 14.3. The van der Waals surface area contributed by atoms with Gasteiger partial charge in [0.1, 0.15) is 0 Å². The van der Waals surface area contributed by atoms with Gasteiger partial charge in [-0.05, 0) is 26.7 Å². The van der Waals surface area contributed by atoms with Crippen molar-refractivity contribution in [2.45, 2.75) is 77.2 Å². The van der Waals surface area contributed by atoms with Gasteiger partial charge in [-0.1, -0.05) is 20.8 Å². The first-order valence-electron chi connectivity index (χ1n) is 7.41. The highest BCUT2D eigenvalue weighted by Crippen LogP contribution is 2.44. The van der Waals surface area contributed by atoms with Crippen LogP contribution in [0, 0.1) is 5.92 Å². The Hall–Kier alpha value is -0.120. The van der Waals surface area contributed by atoms with Crippen molar-refractivity contribution in [3.8, 4) is 0 Å². The van der Waals surface area contributed by atoms with Crippen molar-refractivity contribution in [2.75, 3.05) is 13.2 Å². The molecule has 0 unspecified atom stereocenters. The third-order valence-electron chi connectivity index (χ3n) is 4.54. The molecule has 0 amide bonds. The second-order valence-electron chi connectivity index (χ2n) is 6.99. The van der Waals surface area contributed by atoms with Gasteiger partial charge in [-0.25, -0.2) is 0 Å². The van der Waals surface area contributed by atoms with Gasteiger partial charge in [-0.15, -0.1) is 0 Å². The topological polar surface area (TPSA) is 30.5 Å². The van der Waals surface area contributed by atoms with E-state index in [1.54, 1.807) is 0 Å². The summed E-state index contributed by atoms with van der Waals surface area (Å²) in [5.74, 6) is 0.166. The molecule has 1 spiro atoms. The maximum Gasteiger partial charge on any atom is 0.171 e. The number of hydrogen-bond donors (Lipinski definition) is 1. The Balaban J connectivity index is 2.21. The quantitative estimate of drug-likeness (QED) is 0.822. The summed E-state index contributed by atoms with van der Waals surface area (Å²) in [5, 5.41) is 3.83. The summed E-state index contributed by atoms with van der Waals surface area (Å²) in [7, 11) is 0. The predicted molar refractivity (Wildman–Crippen MR) is 73.6 cm³/mol. The Morgan fingerprint density at radius 3 is 2.11 bits per heavy atom. The van der Waals surface area contributed by atoms with E-state index >= 15 is 0 Å². The Labute approximate surface area is 112 Å². The molecule has 3 heteroatoms. The van der Waals surface area contributed by atoms with Crippen molar-refractivity contribution in [1.82, 2.24) is 5.32 Å². The molecule has 0 radical (unpaired) electrons. The second-order valence-corrected chi connectivity index (χ2v) is 6.99. The molecule has 106 valence electrons. The van der Waals surface area contributed by atoms with Gasteiger partial charge in [0, 0.05) is 29.8 Å². The van der Waals surface area contributed by atoms with E-state index in [9.17, 15) is 0 Å². The average molecular weight is 255 g/mol. The normalized spacial score (nSPS) is 38.8. The molecular formula is C15H29NO2. The molecule has 3 nitrogen and oxygen atoms in total. The van der Waals surface area contributed by atoms with Crippen LogP contribution in [0.1, 0.15) is 60.3 Å². The van der Waals surface area contributed by atoms with Gasteiger partial charge in [0.25, 0.3) is 0 Å². The van der Waals surface area contributed by atoms with Gasteiger partial charge in [-0.2, -0.15) is 0 Å². The Bertz CT molecular complexity index is 289. The average Bonchev–Trinajstić information content (AvgIpc) is 2.31. The summed E-state index contributed by atoms with van der Waals surface area (Å²) in [6, 6.07) is 0. The summed E-state index contributed by atoms with van der Waals surface area (Å²) < 4.78 is 12.3. The lowest BCUT2D eigenvalue weighted by molar-refractivity contribution is -0.311. The van der Waals surface area contributed by atoms with E-state index in [-0.39, 0.29) is 16.9 Å². The third-order valence-corrected chi connectivity index (χ3v) is 4.54. The fourth-order valence-electron chi connectivity index (χ4n) is 3.62. The summed E-state index contributed by atoms with van der Waals surface area (Å²) >= 11 is 0. The number of piperidine rings is 1. The summed E-state index contributed by atoms with van der Waals surface area (Å²) in [5.41, 5.74) is 0.229. The van der Waals surface area contributed by atoms with Crippen LogP contribution in [-0.4, -0.2) is 30.1 Å². The highest BCUT2D eigenvalue weighted by molar-refractivity contribution is 5.05. The maximum absolute atomic E-state index is 6.15. The molecule has 2 saturated heterocycles. The standard InChI is InChI=1S/C15H29NO2/c1-6-14(7-2)11-15(10-13(4,5)16-14)17-8-12(3)9-18-15/h12,16H,6-11H2,1-5H3. The Kier molecular flexibility index (Phi) is 3.79. The zero-order chi connectivity index (χ0) is 13.4. The SMILES string of the molecule is CCC1(CC)CC2(CC(C)(C)N1)OCC(C)CO2. The van der Waals surface area contributed by atoms with E-state index in [2.05, 4.69) is 39.9 Å². The molecule has 1 N–H and O–H groups in total. The van der Waals surface area contributed by atoms with Crippen LogP contribution in [0.25, 0.3) is 0 Å². The zero-order valence-corrected chi connectivity index (χ0v) is 12.6. The van der Waals surface area contributed by atoms with Gasteiger partial charge < -0.3 is 14.8 Å². The lowest BCUT2D eigenvalue weighted by Gasteiger charge is -2.55. The van der Waals surface area contributed by atoms with Crippen molar-refractivity contribution < 1.29 is 9.47 Å². The Morgan fingerprint density at radius 1 is 1.06 bits per heavy atom. The lowest BCUT2D eigenvalue weighted by Crippen LogP contribution is -2.67. The molecule has 0 bridgehead atoms. The van der Waals surface area contributed by atoms with E-state index < -0.39 is 0 Å². The molecule has 0 aliphatic carbocycles. The van der Waals surface area contributed by atoms with E-state index in [0.717, 1.165) is 38.9 Å². The third kappa shape index (κ3) is 2.73. The lowest BCUT2D eigenvalue weighted by atomic mass is 9.74. The molecule has 18 heavy (non-hydrogen) atoms. The highest BCUT2D eigenvalue weighted by atomic mass is 16.7. The van der Waals surface area contributed by atoms with Gasteiger partial charge in [-0.3, -0.25) is 0 Å². The molecule has 0 atom stereocenters. The van der Waals surface area contributed by atoms with Crippen LogP contribution in [-0.2, 0) is 9.47 Å². The van der Waals surface area contributed by atoms with Gasteiger partial charge in [0.15, 0.2) is 5.79 Å². The van der Waals surface area contributed by atoms with Crippen molar-refractivity contribution in [3.63, 3.8) is 0 Å². The van der Waals surface area contributed by atoms with E-state index in [1.807, 2.05) is 0 Å².